The van der Waals surface area contributed by atoms with E-state index in [1.807, 2.05) is 43.3 Å². The van der Waals surface area contributed by atoms with E-state index >= 15 is 0 Å². The molecule has 1 aromatic carbocycles. The summed E-state index contributed by atoms with van der Waals surface area (Å²) in [7, 11) is 1.89. The van der Waals surface area contributed by atoms with Crippen LogP contribution in [-0.4, -0.2) is 58.0 Å². The molecule has 0 radical (unpaired) electrons. The molecule has 0 aromatic heterocycles. The van der Waals surface area contributed by atoms with E-state index in [0.29, 0.717) is 6.54 Å². The van der Waals surface area contributed by atoms with Crippen molar-refractivity contribution >= 4 is 15.7 Å². The number of nitrogens with one attached hydrogen (secondary N) is 1. The number of carbonyl (C=O) groups is 1. The Morgan fingerprint density at radius 2 is 1.92 bits per heavy atom. The molecule has 2 atom stereocenters. The van der Waals surface area contributed by atoms with E-state index in [-0.39, 0.29) is 11.8 Å². The first-order chi connectivity index (χ1) is 11.2. The van der Waals surface area contributed by atoms with Crippen LogP contribution in [0.3, 0.4) is 0 Å². The van der Waals surface area contributed by atoms with Crippen molar-refractivity contribution in [1.29, 1.82) is 0 Å². The Labute approximate surface area is 144 Å². The Bertz CT molecular complexity index is 654. The highest BCUT2D eigenvalue weighted by molar-refractivity contribution is 7.92. The standard InChI is InChI=1S/C17H26N2O4S/c1-6-11-24(21,22)13(2)17(20)18-12-16(19(3)4)14-7-9-15(23-5)10-8-14/h6-10,13,16H,1,11-12H2,2-5H3,(H,18,20). The minimum absolute atomic E-state index is 0.0748. The van der Waals surface area contributed by atoms with Crippen molar-refractivity contribution in [1.82, 2.24) is 10.2 Å². The van der Waals surface area contributed by atoms with Gasteiger partial charge in [0.1, 0.15) is 11.0 Å². The Hall–Kier alpha value is -1.86. The van der Waals surface area contributed by atoms with Gasteiger partial charge in [-0.15, -0.1) is 6.58 Å². The molecule has 7 heteroatoms. The monoisotopic (exact) mass is 354 g/mol. The maximum Gasteiger partial charge on any atom is 0.238 e. The minimum Gasteiger partial charge on any atom is -0.497 e. The number of rotatable bonds is 9. The fraction of sp³-hybridized carbons (Fsp3) is 0.471. The fourth-order valence-electron chi connectivity index (χ4n) is 2.24. The molecule has 0 aliphatic heterocycles. The summed E-state index contributed by atoms with van der Waals surface area (Å²) in [5.41, 5.74) is 1.00. The zero-order chi connectivity index (χ0) is 18.3. The van der Waals surface area contributed by atoms with Crippen molar-refractivity contribution in [2.24, 2.45) is 0 Å². The zero-order valence-electron chi connectivity index (χ0n) is 14.7. The summed E-state index contributed by atoms with van der Waals surface area (Å²) in [5, 5.41) is 1.63. The predicted octanol–water partition coefficient (Wildman–Crippen LogP) is 1.40. The number of hydrogen-bond donors (Lipinski definition) is 1. The van der Waals surface area contributed by atoms with Crippen LogP contribution in [0.25, 0.3) is 0 Å². The molecule has 0 heterocycles. The molecule has 0 bridgehead atoms. The number of likely N-dealkylation sites (N-methyl/N-ethyl adjacent to an activating group) is 1. The molecule has 134 valence electrons. The van der Waals surface area contributed by atoms with Crippen molar-refractivity contribution in [2.45, 2.75) is 18.2 Å². The van der Waals surface area contributed by atoms with Gasteiger partial charge in [0.2, 0.25) is 5.91 Å². The van der Waals surface area contributed by atoms with Gasteiger partial charge in [-0.3, -0.25) is 4.79 Å². The van der Waals surface area contributed by atoms with E-state index in [1.54, 1.807) is 7.11 Å². The zero-order valence-corrected chi connectivity index (χ0v) is 15.5. The molecule has 1 N–H and O–H groups in total. The van der Waals surface area contributed by atoms with Gasteiger partial charge in [0.15, 0.2) is 9.84 Å². The highest BCUT2D eigenvalue weighted by atomic mass is 32.2. The molecule has 0 aliphatic rings. The Balaban J connectivity index is 2.79. The predicted molar refractivity (Wildman–Crippen MR) is 95.9 cm³/mol. The maximum atomic E-state index is 12.2. The summed E-state index contributed by atoms with van der Waals surface area (Å²) < 4.78 is 29.0. The average molecular weight is 354 g/mol. The molecule has 1 amide bonds. The summed E-state index contributed by atoms with van der Waals surface area (Å²) in [5.74, 6) is 0.0404. The Morgan fingerprint density at radius 1 is 1.33 bits per heavy atom. The number of amides is 1. The van der Waals surface area contributed by atoms with Gasteiger partial charge in [-0.2, -0.15) is 0 Å². The third kappa shape index (κ3) is 5.35. The van der Waals surface area contributed by atoms with E-state index in [1.165, 1.54) is 13.0 Å². The second-order valence-electron chi connectivity index (χ2n) is 5.76. The summed E-state index contributed by atoms with van der Waals surface area (Å²) in [4.78, 5) is 14.1. The molecule has 24 heavy (non-hydrogen) atoms. The second kappa shape index (κ2) is 8.84. The summed E-state index contributed by atoms with van der Waals surface area (Å²) in [6, 6.07) is 7.48. The minimum atomic E-state index is -3.51. The number of nitrogens with zero attached hydrogens (tertiary/aromatic N) is 1. The van der Waals surface area contributed by atoms with E-state index in [2.05, 4.69) is 11.9 Å². The lowest BCUT2D eigenvalue weighted by Crippen LogP contribution is -2.42. The van der Waals surface area contributed by atoms with E-state index < -0.39 is 21.0 Å². The molecule has 0 spiro atoms. The van der Waals surface area contributed by atoms with Crippen LogP contribution in [0.2, 0.25) is 0 Å². The molecular weight excluding hydrogens is 328 g/mol. The van der Waals surface area contributed by atoms with Crippen LogP contribution in [-0.2, 0) is 14.6 Å². The summed E-state index contributed by atoms with van der Waals surface area (Å²) >= 11 is 0. The van der Waals surface area contributed by atoms with Crippen molar-refractivity contribution in [3.8, 4) is 5.75 Å². The molecule has 0 saturated carbocycles. The van der Waals surface area contributed by atoms with Crippen molar-refractivity contribution in [3.05, 3.63) is 42.5 Å². The van der Waals surface area contributed by atoms with Crippen LogP contribution in [0.1, 0.15) is 18.5 Å². The smallest absolute Gasteiger partial charge is 0.238 e. The lowest BCUT2D eigenvalue weighted by Gasteiger charge is -2.26. The van der Waals surface area contributed by atoms with E-state index in [9.17, 15) is 13.2 Å². The number of carbonyl (C=O) groups excluding carboxylic acids is 1. The van der Waals surface area contributed by atoms with Crippen LogP contribution in [0.5, 0.6) is 5.75 Å². The highest BCUT2D eigenvalue weighted by Crippen LogP contribution is 2.20. The third-order valence-corrected chi connectivity index (χ3v) is 5.84. The van der Waals surface area contributed by atoms with Gasteiger partial charge in [-0.05, 0) is 38.7 Å². The number of benzene rings is 1. The van der Waals surface area contributed by atoms with Crippen LogP contribution >= 0.6 is 0 Å². The van der Waals surface area contributed by atoms with Gasteiger partial charge in [0.05, 0.1) is 18.9 Å². The molecule has 1 rings (SSSR count). The fourth-order valence-corrected chi connectivity index (χ4v) is 3.26. The molecule has 2 unspecified atom stereocenters. The first kappa shape index (κ1) is 20.2. The lowest BCUT2D eigenvalue weighted by molar-refractivity contribution is -0.120. The van der Waals surface area contributed by atoms with Crippen LogP contribution in [0, 0.1) is 0 Å². The van der Waals surface area contributed by atoms with E-state index in [4.69, 9.17) is 4.74 Å². The normalized spacial score (nSPS) is 14.0. The van der Waals surface area contributed by atoms with Gasteiger partial charge < -0.3 is 15.0 Å². The van der Waals surface area contributed by atoms with Crippen LogP contribution in [0.4, 0.5) is 0 Å². The third-order valence-electron chi connectivity index (χ3n) is 3.85. The van der Waals surface area contributed by atoms with Gasteiger partial charge in [0, 0.05) is 6.54 Å². The van der Waals surface area contributed by atoms with Gasteiger partial charge >= 0.3 is 0 Å². The number of sulfone groups is 1. The largest absolute Gasteiger partial charge is 0.497 e. The van der Waals surface area contributed by atoms with Gasteiger partial charge in [-0.25, -0.2) is 8.42 Å². The number of methoxy groups -OCH3 is 1. The second-order valence-corrected chi connectivity index (χ2v) is 8.12. The van der Waals surface area contributed by atoms with Gasteiger partial charge in [-0.1, -0.05) is 18.2 Å². The molecule has 1 aromatic rings. The first-order valence-corrected chi connectivity index (χ1v) is 9.35. The SMILES string of the molecule is C=CCS(=O)(=O)C(C)C(=O)NCC(c1ccc(OC)cc1)N(C)C. The molecular formula is C17H26N2O4S. The highest BCUT2D eigenvalue weighted by Gasteiger charge is 2.27. The maximum absolute atomic E-state index is 12.2. The lowest BCUT2D eigenvalue weighted by atomic mass is 10.1. The number of ether oxygens (including phenoxy) is 1. The molecule has 0 saturated heterocycles. The summed E-state index contributed by atoms with van der Waals surface area (Å²) in [6.45, 7) is 5.12. The van der Waals surface area contributed by atoms with Crippen LogP contribution < -0.4 is 10.1 Å². The van der Waals surface area contributed by atoms with Crippen molar-refractivity contribution in [2.75, 3.05) is 33.5 Å². The van der Waals surface area contributed by atoms with Crippen LogP contribution in [0.15, 0.2) is 36.9 Å². The van der Waals surface area contributed by atoms with Crippen molar-refractivity contribution < 1.29 is 17.9 Å². The van der Waals surface area contributed by atoms with Gasteiger partial charge in [0.25, 0.3) is 0 Å². The quantitative estimate of drug-likeness (QED) is 0.679. The Kier molecular flexibility index (Phi) is 7.44. The molecule has 0 aliphatic carbocycles. The molecule has 0 fully saturated rings. The van der Waals surface area contributed by atoms with Crippen molar-refractivity contribution in [3.63, 3.8) is 0 Å². The topological polar surface area (TPSA) is 75.7 Å². The Morgan fingerprint density at radius 3 is 2.38 bits per heavy atom. The summed E-state index contributed by atoms with van der Waals surface area (Å²) in [6.07, 6.45) is 1.29. The average Bonchev–Trinajstić information content (AvgIpc) is 2.54. The number of hydrogen-bond acceptors (Lipinski definition) is 5. The molecule has 6 nitrogen and oxygen atoms in total. The first-order valence-electron chi connectivity index (χ1n) is 7.63. The van der Waals surface area contributed by atoms with E-state index in [0.717, 1.165) is 11.3 Å².